The van der Waals surface area contributed by atoms with Crippen LogP contribution < -0.4 is 4.72 Å². The van der Waals surface area contributed by atoms with Gasteiger partial charge in [0.25, 0.3) is 10.0 Å². The zero-order valence-corrected chi connectivity index (χ0v) is 19.2. The maximum atomic E-state index is 12.9. The van der Waals surface area contributed by atoms with Crippen LogP contribution in [-0.2, 0) is 14.8 Å². The van der Waals surface area contributed by atoms with Gasteiger partial charge < -0.3 is 4.74 Å². The summed E-state index contributed by atoms with van der Waals surface area (Å²) in [6.07, 6.45) is 1.63. The standard InChI is InChI=1S/C23H18Cl2N2O4S/c1-3-14-6-4-5-7-17(14)22(26)18-13-16(9-10-19(18)24)27-32(29,30)21-11-8-15(12-20(21)25)23(28)31-2/h3-13,26-27H,1H2,2H3. The van der Waals surface area contributed by atoms with Gasteiger partial charge in [-0.05, 0) is 42.0 Å². The van der Waals surface area contributed by atoms with Crippen molar-refractivity contribution in [2.45, 2.75) is 4.90 Å². The van der Waals surface area contributed by atoms with Gasteiger partial charge in [-0.1, -0.05) is 60.1 Å². The molecule has 2 N–H and O–H groups in total. The molecule has 9 heteroatoms. The minimum atomic E-state index is -4.09. The molecule has 0 aliphatic carbocycles. The van der Waals surface area contributed by atoms with Crippen molar-refractivity contribution in [3.8, 4) is 0 Å². The van der Waals surface area contributed by atoms with Crippen molar-refractivity contribution in [2.24, 2.45) is 0 Å². The van der Waals surface area contributed by atoms with Gasteiger partial charge >= 0.3 is 5.97 Å². The van der Waals surface area contributed by atoms with Crippen LogP contribution in [0.3, 0.4) is 0 Å². The Bertz CT molecular complexity index is 1340. The van der Waals surface area contributed by atoms with Crippen LogP contribution in [0, 0.1) is 5.41 Å². The van der Waals surface area contributed by atoms with E-state index in [4.69, 9.17) is 28.6 Å². The Morgan fingerprint density at radius 1 is 1.03 bits per heavy atom. The summed E-state index contributed by atoms with van der Waals surface area (Å²) in [5.74, 6) is -0.635. The summed E-state index contributed by atoms with van der Waals surface area (Å²) in [7, 11) is -2.88. The molecule has 3 rings (SSSR count). The van der Waals surface area contributed by atoms with E-state index in [9.17, 15) is 13.2 Å². The molecule has 0 heterocycles. The van der Waals surface area contributed by atoms with Gasteiger partial charge in [0.15, 0.2) is 0 Å². The quantitative estimate of drug-likeness (QED) is 0.332. The number of hydrogen-bond donors (Lipinski definition) is 2. The highest BCUT2D eigenvalue weighted by Crippen LogP contribution is 2.29. The van der Waals surface area contributed by atoms with Crippen LogP contribution in [-0.4, -0.2) is 27.2 Å². The summed E-state index contributed by atoms with van der Waals surface area (Å²) in [6.45, 7) is 3.76. The number of esters is 1. The Kier molecular flexibility index (Phi) is 7.03. The van der Waals surface area contributed by atoms with Gasteiger partial charge in [-0.3, -0.25) is 10.1 Å². The molecule has 0 aliphatic heterocycles. The number of nitrogens with one attached hydrogen (secondary N) is 2. The number of anilines is 1. The summed E-state index contributed by atoms with van der Waals surface area (Å²) >= 11 is 12.4. The van der Waals surface area contributed by atoms with Gasteiger partial charge in [0.2, 0.25) is 0 Å². The maximum absolute atomic E-state index is 12.9. The average molecular weight is 489 g/mol. The molecule has 164 valence electrons. The molecule has 0 amide bonds. The van der Waals surface area contributed by atoms with Crippen molar-refractivity contribution >= 4 is 56.7 Å². The number of sulfonamides is 1. The Morgan fingerprint density at radius 3 is 2.41 bits per heavy atom. The lowest BCUT2D eigenvalue weighted by atomic mass is 9.97. The van der Waals surface area contributed by atoms with E-state index in [0.717, 1.165) is 5.56 Å². The molecular weight excluding hydrogens is 471 g/mol. The molecule has 0 radical (unpaired) electrons. The van der Waals surface area contributed by atoms with Gasteiger partial charge in [-0.2, -0.15) is 0 Å². The number of benzene rings is 3. The van der Waals surface area contributed by atoms with E-state index in [1.54, 1.807) is 18.2 Å². The first-order chi connectivity index (χ1) is 15.2. The minimum Gasteiger partial charge on any atom is -0.465 e. The second-order valence-corrected chi connectivity index (χ2v) is 9.07. The van der Waals surface area contributed by atoms with Crippen molar-refractivity contribution in [3.05, 3.63) is 99.5 Å². The predicted octanol–water partition coefficient (Wildman–Crippen LogP) is 5.64. The fourth-order valence-electron chi connectivity index (χ4n) is 3.00. The number of rotatable bonds is 7. The Hall–Kier alpha value is -3.13. The Morgan fingerprint density at radius 2 is 1.75 bits per heavy atom. The molecule has 0 atom stereocenters. The van der Waals surface area contributed by atoms with E-state index in [1.165, 1.54) is 43.5 Å². The third-order valence-corrected chi connectivity index (χ3v) is 6.77. The van der Waals surface area contributed by atoms with Crippen LogP contribution in [0.15, 0.2) is 72.1 Å². The molecule has 0 fully saturated rings. The lowest BCUT2D eigenvalue weighted by Gasteiger charge is -2.14. The Balaban J connectivity index is 1.96. The normalized spacial score (nSPS) is 11.0. The van der Waals surface area contributed by atoms with Crippen molar-refractivity contribution in [1.82, 2.24) is 0 Å². The van der Waals surface area contributed by atoms with E-state index in [2.05, 4.69) is 16.0 Å². The number of methoxy groups -OCH3 is 1. The van der Waals surface area contributed by atoms with E-state index in [-0.39, 0.29) is 31.9 Å². The summed E-state index contributed by atoms with van der Waals surface area (Å²) in [5, 5.41) is 8.74. The monoisotopic (exact) mass is 488 g/mol. The van der Waals surface area contributed by atoms with Gasteiger partial charge in [0, 0.05) is 16.8 Å². The van der Waals surface area contributed by atoms with Crippen LogP contribution in [0.4, 0.5) is 5.69 Å². The highest BCUT2D eigenvalue weighted by Gasteiger charge is 2.21. The topological polar surface area (TPSA) is 96.3 Å². The van der Waals surface area contributed by atoms with Crippen molar-refractivity contribution < 1.29 is 17.9 Å². The zero-order valence-electron chi connectivity index (χ0n) is 16.9. The number of ether oxygens (including phenoxy) is 1. The SMILES string of the molecule is C=Cc1ccccc1C(=N)c1cc(NS(=O)(=O)c2ccc(C(=O)OC)cc2Cl)ccc1Cl. The fraction of sp³-hybridized carbons (Fsp3) is 0.0435. The molecule has 32 heavy (non-hydrogen) atoms. The van der Waals surface area contributed by atoms with Crippen LogP contribution >= 0.6 is 23.2 Å². The van der Waals surface area contributed by atoms with Crippen molar-refractivity contribution in [1.29, 1.82) is 5.41 Å². The molecule has 3 aromatic carbocycles. The number of carbonyl (C=O) groups excluding carboxylic acids is 1. The highest BCUT2D eigenvalue weighted by atomic mass is 35.5. The number of halogens is 2. The minimum absolute atomic E-state index is 0.118. The van der Waals surface area contributed by atoms with Crippen molar-refractivity contribution in [3.63, 3.8) is 0 Å². The van der Waals surface area contributed by atoms with Gasteiger partial charge in [0.05, 0.1) is 28.4 Å². The third-order valence-electron chi connectivity index (χ3n) is 4.58. The predicted molar refractivity (Wildman–Crippen MR) is 128 cm³/mol. The molecular formula is C23H18Cl2N2O4S. The second kappa shape index (κ2) is 9.56. The van der Waals surface area contributed by atoms with Crippen LogP contribution in [0.25, 0.3) is 6.08 Å². The Labute approximate surface area is 196 Å². The second-order valence-electron chi connectivity index (χ2n) is 6.60. The molecule has 0 aliphatic rings. The molecule has 3 aromatic rings. The lowest BCUT2D eigenvalue weighted by Crippen LogP contribution is -2.15. The van der Waals surface area contributed by atoms with Gasteiger partial charge in [0.1, 0.15) is 4.90 Å². The highest BCUT2D eigenvalue weighted by molar-refractivity contribution is 7.92. The summed E-state index contributed by atoms with van der Waals surface area (Å²) in [5.41, 5.74) is 2.13. The molecule has 0 saturated heterocycles. The third kappa shape index (κ3) is 4.85. The molecule has 0 unspecified atom stereocenters. The van der Waals surface area contributed by atoms with E-state index >= 15 is 0 Å². The maximum Gasteiger partial charge on any atom is 0.337 e. The first-order valence-electron chi connectivity index (χ1n) is 9.19. The molecule has 0 spiro atoms. The van der Waals surface area contributed by atoms with Gasteiger partial charge in [-0.25, -0.2) is 13.2 Å². The summed E-state index contributed by atoms with van der Waals surface area (Å²) < 4.78 is 32.8. The van der Waals surface area contributed by atoms with E-state index in [0.29, 0.717) is 11.1 Å². The molecule has 0 aromatic heterocycles. The summed E-state index contributed by atoms with van der Waals surface area (Å²) in [4.78, 5) is 11.4. The number of hydrogen-bond acceptors (Lipinski definition) is 5. The number of carbonyl (C=O) groups is 1. The smallest absolute Gasteiger partial charge is 0.337 e. The molecule has 0 saturated carbocycles. The lowest BCUT2D eigenvalue weighted by molar-refractivity contribution is 0.0600. The van der Waals surface area contributed by atoms with E-state index in [1.807, 2.05) is 12.1 Å². The van der Waals surface area contributed by atoms with Crippen LogP contribution in [0.2, 0.25) is 10.0 Å². The molecule has 6 nitrogen and oxygen atoms in total. The average Bonchev–Trinajstić information content (AvgIpc) is 2.78. The molecule has 0 bridgehead atoms. The zero-order chi connectivity index (χ0) is 23.5. The van der Waals surface area contributed by atoms with E-state index < -0.39 is 16.0 Å². The largest absolute Gasteiger partial charge is 0.465 e. The summed E-state index contributed by atoms with van der Waals surface area (Å²) in [6, 6.07) is 15.4. The van der Waals surface area contributed by atoms with Crippen LogP contribution in [0.1, 0.15) is 27.0 Å². The first-order valence-corrected chi connectivity index (χ1v) is 11.4. The fourth-order valence-corrected chi connectivity index (χ4v) is 4.81. The first kappa shape index (κ1) is 23.5. The van der Waals surface area contributed by atoms with Crippen LogP contribution in [0.5, 0.6) is 0 Å². The van der Waals surface area contributed by atoms with Crippen molar-refractivity contribution in [2.75, 3.05) is 11.8 Å². The van der Waals surface area contributed by atoms with Gasteiger partial charge in [-0.15, -0.1) is 0 Å².